The Morgan fingerprint density at radius 1 is 0.909 bits per heavy atom. The van der Waals surface area contributed by atoms with Crippen molar-refractivity contribution in [1.82, 2.24) is 14.5 Å². The molecule has 1 aliphatic rings. The predicted molar refractivity (Wildman–Crippen MR) is 115 cm³/mol. The topological polar surface area (TPSA) is 66.4 Å². The van der Waals surface area contributed by atoms with Gasteiger partial charge in [-0.2, -0.15) is 17.5 Å². The second-order valence-corrected chi connectivity index (χ2v) is 9.56. The van der Waals surface area contributed by atoms with E-state index in [1.54, 1.807) is 6.07 Å². The van der Waals surface area contributed by atoms with Gasteiger partial charge in [-0.05, 0) is 42.8 Å². The van der Waals surface area contributed by atoms with E-state index in [1.165, 1.54) is 0 Å². The van der Waals surface area contributed by atoms with Gasteiger partial charge in [0.2, 0.25) is 10.0 Å². The number of aryl methyl sites for hydroxylation is 1. The highest BCUT2D eigenvalue weighted by molar-refractivity contribution is 7.89. The number of aromatic nitrogens is 2. The second kappa shape index (κ2) is 8.71. The number of rotatable bonds is 4. The van der Waals surface area contributed by atoms with Crippen LogP contribution in [0.3, 0.4) is 0 Å². The first kappa shape index (κ1) is 23.1. The zero-order chi connectivity index (χ0) is 23.8. The van der Waals surface area contributed by atoms with Crippen LogP contribution in [-0.2, 0) is 16.2 Å². The summed E-state index contributed by atoms with van der Waals surface area (Å²) in [6.45, 7) is 2.63. The molecule has 0 radical (unpaired) electrons. The van der Waals surface area contributed by atoms with Crippen LogP contribution < -0.4 is 4.90 Å². The minimum absolute atomic E-state index is 0.0439. The van der Waals surface area contributed by atoms with Crippen LogP contribution >= 0.6 is 0 Å². The van der Waals surface area contributed by atoms with Gasteiger partial charge in [0.05, 0.1) is 16.2 Å². The first-order valence-corrected chi connectivity index (χ1v) is 11.5. The third-order valence-corrected chi connectivity index (χ3v) is 7.41. The van der Waals surface area contributed by atoms with Crippen molar-refractivity contribution in [3.05, 3.63) is 71.5 Å². The molecule has 2 aromatic carbocycles. The van der Waals surface area contributed by atoms with Gasteiger partial charge in [0.1, 0.15) is 5.82 Å². The average Bonchev–Trinajstić information content (AvgIpc) is 2.79. The zero-order valence-electron chi connectivity index (χ0n) is 17.6. The number of piperazine rings is 1. The normalized spacial score (nSPS) is 15.6. The van der Waals surface area contributed by atoms with E-state index in [4.69, 9.17) is 0 Å². The van der Waals surface area contributed by atoms with Gasteiger partial charge in [-0.15, -0.1) is 10.2 Å². The van der Waals surface area contributed by atoms with Gasteiger partial charge in [-0.1, -0.05) is 24.3 Å². The quantitative estimate of drug-likeness (QED) is 0.526. The number of alkyl halides is 3. The van der Waals surface area contributed by atoms with E-state index in [0.717, 1.165) is 27.2 Å². The molecule has 4 rings (SSSR count). The van der Waals surface area contributed by atoms with Crippen LogP contribution in [0.2, 0.25) is 0 Å². The molecule has 1 aliphatic heterocycles. The molecule has 6 nitrogen and oxygen atoms in total. The smallest absolute Gasteiger partial charge is 0.352 e. The maximum absolute atomic E-state index is 13.5. The Morgan fingerprint density at radius 2 is 1.61 bits per heavy atom. The van der Waals surface area contributed by atoms with Crippen molar-refractivity contribution < 1.29 is 26.0 Å². The number of benzene rings is 2. The first-order valence-electron chi connectivity index (χ1n) is 10.1. The molecular formula is C22H20F4N4O2S. The molecule has 1 aromatic heterocycles. The summed E-state index contributed by atoms with van der Waals surface area (Å²) in [5, 5.41) is 8.53. The Balaban J connectivity index is 1.47. The fraction of sp³-hybridized carbons (Fsp3) is 0.273. The molecule has 33 heavy (non-hydrogen) atoms. The Hall–Kier alpha value is -3.05. The van der Waals surface area contributed by atoms with Gasteiger partial charge < -0.3 is 4.90 Å². The molecule has 0 N–H and O–H groups in total. The van der Waals surface area contributed by atoms with Crippen molar-refractivity contribution in [1.29, 1.82) is 0 Å². The standard InChI is InChI=1S/C22H20F4N4O2S/c1-15-4-2-3-5-17(15)20-8-9-21(28-27-20)29-10-12-30(13-11-29)33(31,32)16-6-7-19(23)18(14-16)22(24,25)26/h2-9,14H,10-13H2,1H3. The Labute approximate surface area is 188 Å². The molecule has 0 aliphatic carbocycles. The van der Waals surface area contributed by atoms with Crippen LogP contribution in [0.1, 0.15) is 11.1 Å². The highest BCUT2D eigenvalue weighted by atomic mass is 32.2. The summed E-state index contributed by atoms with van der Waals surface area (Å²) in [6.07, 6.45) is -4.99. The Kier molecular flexibility index (Phi) is 6.10. The van der Waals surface area contributed by atoms with Gasteiger partial charge in [-0.25, -0.2) is 12.8 Å². The summed E-state index contributed by atoms with van der Waals surface area (Å²) >= 11 is 0. The molecule has 1 saturated heterocycles. The van der Waals surface area contributed by atoms with Crippen LogP contribution in [0.5, 0.6) is 0 Å². The van der Waals surface area contributed by atoms with Crippen molar-refractivity contribution in [3.63, 3.8) is 0 Å². The van der Waals surface area contributed by atoms with Crippen molar-refractivity contribution in [3.8, 4) is 11.3 Å². The molecule has 0 amide bonds. The Morgan fingerprint density at radius 3 is 2.21 bits per heavy atom. The van der Waals surface area contributed by atoms with Crippen molar-refractivity contribution >= 4 is 15.8 Å². The molecule has 0 unspecified atom stereocenters. The minimum atomic E-state index is -4.99. The van der Waals surface area contributed by atoms with Gasteiger partial charge >= 0.3 is 6.18 Å². The van der Waals surface area contributed by atoms with E-state index >= 15 is 0 Å². The number of halogens is 4. The number of sulfonamides is 1. The number of hydrogen-bond donors (Lipinski definition) is 0. The van der Waals surface area contributed by atoms with Crippen LogP contribution in [0.25, 0.3) is 11.3 Å². The summed E-state index contributed by atoms with van der Waals surface area (Å²) in [5.74, 6) is -0.940. The maximum Gasteiger partial charge on any atom is 0.419 e. The highest BCUT2D eigenvalue weighted by Gasteiger charge is 2.37. The lowest BCUT2D eigenvalue weighted by molar-refractivity contribution is -0.140. The molecule has 3 aromatic rings. The third kappa shape index (κ3) is 4.69. The van der Waals surface area contributed by atoms with Crippen LogP contribution in [0, 0.1) is 12.7 Å². The SMILES string of the molecule is Cc1ccccc1-c1ccc(N2CCN(S(=O)(=O)c3ccc(F)c(C(F)(F)F)c3)CC2)nn1. The molecule has 2 heterocycles. The van der Waals surface area contributed by atoms with Crippen molar-refractivity contribution in [2.45, 2.75) is 18.0 Å². The molecule has 0 bridgehead atoms. The lowest BCUT2D eigenvalue weighted by atomic mass is 10.1. The second-order valence-electron chi connectivity index (χ2n) is 7.62. The molecule has 0 saturated carbocycles. The monoisotopic (exact) mass is 480 g/mol. The maximum atomic E-state index is 13.5. The molecule has 11 heteroatoms. The van der Waals surface area contributed by atoms with Gasteiger partial charge in [0.25, 0.3) is 0 Å². The third-order valence-electron chi connectivity index (χ3n) is 5.52. The first-order chi connectivity index (χ1) is 15.6. The van der Waals surface area contributed by atoms with Gasteiger partial charge in [-0.3, -0.25) is 0 Å². The molecule has 174 valence electrons. The summed E-state index contributed by atoms with van der Waals surface area (Å²) < 4.78 is 79.3. The fourth-order valence-electron chi connectivity index (χ4n) is 3.69. The van der Waals surface area contributed by atoms with Crippen molar-refractivity contribution in [2.75, 3.05) is 31.1 Å². The average molecular weight is 480 g/mol. The predicted octanol–water partition coefficient (Wildman–Crippen LogP) is 4.12. The fourth-order valence-corrected chi connectivity index (χ4v) is 5.14. The highest BCUT2D eigenvalue weighted by Crippen LogP contribution is 2.33. The van der Waals surface area contributed by atoms with E-state index in [9.17, 15) is 26.0 Å². The van der Waals surface area contributed by atoms with Crippen LogP contribution in [0.15, 0.2) is 59.5 Å². The lowest BCUT2D eigenvalue weighted by Gasteiger charge is -2.34. The minimum Gasteiger partial charge on any atom is -0.352 e. The number of nitrogens with zero attached hydrogens (tertiary/aromatic N) is 4. The van der Waals surface area contributed by atoms with Gasteiger partial charge in [0.15, 0.2) is 5.82 Å². The molecule has 1 fully saturated rings. The zero-order valence-corrected chi connectivity index (χ0v) is 18.4. The lowest BCUT2D eigenvalue weighted by Crippen LogP contribution is -2.49. The van der Waals surface area contributed by atoms with Crippen LogP contribution in [0.4, 0.5) is 23.4 Å². The molecule has 0 atom stereocenters. The van der Waals surface area contributed by atoms with E-state index < -0.39 is 32.5 Å². The summed E-state index contributed by atoms with van der Waals surface area (Å²) in [6, 6.07) is 13.1. The Bertz CT molecular complexity index is 1260. The van der Waals surface area contributed by atoms with E-state index in [-0.39, 0.29) is 26.2 Å². The number of anilines is 1. The van der Waals surface area contributed by atoms with Crippen LogP contribution in [-0.4, -0.2) is 49.1 Å². The number of hydrogen-bond acceptors (Lipinski definition) is 5. The van der Waals surface area contributed by atoms with E-state index in [2.05, 4.69) is 10.2 Å². The van der Waals surface area contributed by atoms with E-state index in [0.29, 0.717) is 18.0 Å². The summed E-state index contributed by atoms with van der Waals surface area (Å²) in [7, 11) is -4.21. The largest absolute Gasteiger partial charge is 0.419 e. The molecule has 0 spiro atoms. The summed E-state index contributed by atoms with van der Waals surface area (Å²) in [5.41, 5.74) is 1.14. The van der Waals surface area contributed by atoms with E-state index in [1.807, 2.05) is 42.2 Å². The van der Waals surface area contributed by atoms with Crippen molar-refractivity contribution in [2.24, 2.45) is 0 Å². The van der Waals surface area contributed by atoms with Gasteiger partial charge in [0, 0.05) is 31.7 Å². The molecular weight excluding hydrogens is 460 g/mol. The summed E-state index contributed by atoms with van der Waals surface area (Å²) in [4.78, 5) is 1.26.